The van der Waals surface area contributed by atoms with Crippen molar-refractivity contribution in [1.29, 1.82) is 0 Å². The number of benzene rings is 2. The molecule has 0 spiro atoms. The fourth-order valence-corrected chi connectivity index (χ4v) is 3.06. The lowest BCUT2D eigenvalue weighted by molar-refractivity contribution is 0.0944. The third-order valence-corrected chi connectivity index (χ3v) is 4.23. The highest BCUT2D eigenvalue weighted by molar-refractivity contribution is 7.99. The smallest absolute Gasteiger partial charge is 0.256 e. The summed E-state index contributed by atoms with van der Waals surface area (Å²) in [5, 5.41) is 5.72. The number of hydrogen-bond acceptors (Lipinski definition) is 3. The monoisotopic (exact) mass is 342 g/mol. The maximum Gasteiger partial charge on any atom is 0.256 e. The largest absolute Gasteiger partial charge is 0.350 e. The molecule has 0 atom stereocenters. The molecule has 0 unspecified atom stereocenters. The Morgan fingerprint density at radius 2 is 1.58 bits per heavy atom. The minimum absolute atomic E-state index is 0.0305. The molecule has 0 fully saturated rings. The Kier molecular flexibility index (Phi) is 6.44. The summed E-state index contributed by atoms with van der Waals surface area (Å²) in [6, 6.07) is 14.5. The topological polar surface area (TPSA) is 58.2 Å². The Hall–Kier alpha value is -2.27. The van der Waals surface area contributed by atoms with E-state index >= 15 is 0 Å². The van der Waals surface area contributed by atoms with Crippen LogP contribution in [0.2, 0.25) is 0 Å². The lowest BCUT2D eigenvalue weighted by Gasteiger charge is -2.14. The van der Waals surface area contributed by atoms with Gasteiger partial charge in [0.1, 0.15) is 0 Å². The van der Waals surface area contributed by atoms with E-state index in [1.54, 1.807) is 42.1 Å². The minimum Gasteiger partial charge on any atom is -0.350 e. The second-order valence-electron chi connectivity index (χ2n) is 5.56. The summed E-state index contributed by atoms with van der Waals surface area (Å²) in [5.74, 6) is 0.478. The molecule has 0 saturated heterocycles. The molecule has 2 aromatic rings. The zero-order valence-electron chi connectivity index (χ0n) is 14.1. The maximum atomic E-state index is 12.7. The first-order chi connectivity index (χ1) is 11.5. The van der Waals surface area contributed by atoms with Crippen molar-refractivity contribution in [3.63, 3.8) is 0 Å². The Labute approximate surface area is 147 Å². The van der Waals surface area contributed by atoms with E-state index in [0.29, 0.717) is 16.8 Å². The highest BCUT2D eigenvalue weighted by atomic mass is 32.2. The van der Waals surface area contributed by atoms with Gasteiger partial charge in [0.2, 0.25) is 0 Å². The first-order valence-electron chi connectivity index (χ1n) is 7.96. The summed E-state index contributed by atoms with van der Waals surface area (Å²) in [5.41, 5.74) is 1.58. The third kappa shape index (κ3) is 4.61. The summed E-state index contributed by atoms with van der Waals surface area (Å²) in [6.07, 6.45) is 0. The molecule has 24 heavy (non-hydrogen) atoms. The molecule has 0 bridgehead atoms. The highest BCUT2D eigenvalue weighted by Gasteiger charge is 2.16. The van der Waals surface area contributed by atoms with E-state index in [0.717, 1.165) is 10.6 Å². The molecule has 0 aliphatic rings. The zero-order valence-corrected chi connectivity index (χ0v) is 14.9. The molecule has 2 amide bonds. The van der Waals surface area contributed by atoms with Gasteiger partial charge in [0.05, 0.1) is 16.8 Å². The molecule has 5 heteroatoms. The quantitative estimate of drug-likeness (QED) is 0.774. The Morgan fingerprint density at radius 1 is 0.958 bits per heavy atom. The van der Waals surface area contributed by atoms with Gasteiger partial charge >= 0.3 is 0 Å². The van der Waals surface area contributed by atoms with E-state index in [-0.39, 0.29) is 17.9 Å². The molecule has 0 saturated carbocycles. The SMILES string of the molecule is CCSc1ccccc1C(=O)Nc1ccccc1C(=O)NC(C)C. The van der Waals surface area contributed by atoms with Crippen LogP contribution in [0.25, 0.3) is 0 Å². The van der Waals surface area contributed by atoms with Gasteiger partial charge in [-0.05, 0) is 43.9 Å². The molecule has 0 heterocycles. The van der Waals surface area contributed by atoms with E-state index in [1.807, 2.05) is 39.0 Å². The van der Waals surface area contributed by atoms with E-state index in [1.165, 1.54) is 0 Å². The van der Waals surface area contributed by atoms with Gasteiger partial charge in [0.25, 0.3) is 11.8 Å². The van der Waals surface area contributed by atoms with Crippen molar-refractivity contribution in [3.8, 4) is 0 Å². The second-order valence-corrected chi connectivity index (χ2v) is 6.86. The Morgan fingerprint density at radius 3 is 2.25 bits per heavy atom. The number of carbonyl (C=O) groups excluding carboxylic acids is 2. The van der Waals surface area contributed by atoms with Crippen LogP contribution in [-0.4, -0.2) is 23.6 Å². The maximum absolute atomic E-state index is 12.7. The van der Waals surface area contributed by atoms with Crippen molar-refractivity contribution < 1.29 is 9.59 Å². The van der Waals surface area contributed by atoms with Crippen LogP contribution >= 0.6 is 11.8 Å². The number of anilines is 1. The average molecular weight is 342 g/mol. The summed E-state index contributed by atoms with van der Waals surface area (Å²) in [6.45, 7) is 5.85. The van der Waals surface area contributed by atoms with Crippen LogP contribution < -0.4 is 10.6 Å². The van der Waals surface area contributed by atoms with E-state index in [2.05, 4.69) is 10.6 Å². The summed E-state index contributed by atoms with van der Waals surface area (Å²) in [7, 11) is 0. The lowest BCUT2D eigenvalue weighted by atomic mass is 10.1. The summed E-state index contributed by atoms with van der Waals surface area (Å²) in [4.78, 5) is 25.9. The molecular formula is C19H22N2O2S. The Bertz CT molecular complexity index is 729. The lowest BCUT2D eigenvalue weighted by Crippen LogP contribution is -2.31. The molecule has 2 aromatic carbocycles. The van der Waals surface area contributed by atoms with Gasteiger partial charge in [0.15, 0.2) is 0 Å². The average Bonchev–Trinajstić information content (AvgIpc) is 2.55. The van der Waals surface area contributed by atoms with Crippen molar-refractivity contribution in [2.75, 3.05) is 11.1 Å². The second kappa shape index (κ2) is 8.55. The highest BCUT2D eigenvalue weighted by Crippen LogP contribution is 2.24. The molecule has 2 N–H and O–H groups in total. The predicted molar refractivity (Wildman–Crippen MR) is 99.8 cm³/mol. The number of carbonyl (C=O) groups is 2. The van der Waals surface area contributed by atoms with Gasteiger partial charge in [-0.2, -0.15) is 0 Å². The fourth-order valence-electron chi connectivity index (χ4n) is 2.26. The van der Waals surface area contributed by atoms with Gasteiger partial charge in [-0.1, -0.05) is 31.2 Å². The van der Waals surface area contributed by atoms with E-state index in [9.17, 15) is 9.59 Å². The molecule has 4 nitrogen and oxygen atoms in total. The number of thioether (sulfide) groups is 1. The van der Waals surface area contributed by atoms with Gasteiger partial charge in [-0.25, -0.2) is 0 Å². The number of rotatable bonds is 6. The van der Waals surface area contributed by atoms with Crippen LogP contribution in [0.15, 0.2) is 53.4 Å². The molecule has 2 rings (SSSR count). The van der Waals surface area contributed by atoms with Crippen LogP contribution in [-0.2, 0) is 0 Å². The van der Waals surface area contributed by atoms with Crippen LogP contribution in [0.1, 0.15) is 41.5 Å². The zero-order chi connectivity index (χ0) is 17.5. The Balaban J connectivity index is 2.26. The van der Waals surface area contributed by atoms with Gasteiger partial charge in [-0.3, -0.25) is 9.59 Å². The molecule has 0 aromatic heterocycles. The minimum atomic E-state index is -0.212. The number of amides is 2. The third-order valence-electron chi connectivity index (χ3n) is 3.27. The van der Waals surface area contributed by atoms with Gasteiger partial charge in [-0.15, -0.1) is 11.8 Å². The molecular weight excluding hydrogens is 320 g/mol. The number of hydrogen-bond donors (Lipinski definition) is 2. The van der Waals surface area contributed by atoms with Crippen molar-refractivity contribution in [3.05, 3.63) is 59.7 Å². The van der Waals surface area contributed by atoms with Crippen LogP contribution in [0.3, 0.4) is 0 Å². The molecule has 0 radical (unpaired) electrons. The fraction of sp³-hybridized carbons (Fsp3) is 0.263. The number of nitrogens with one attached hydrogen (secondary N) is 2. The van der Waals surface area contributed by atoms with Crippen LogP contribution in [0.4, 0.5) is 5.69 Å². The standard InChI is InChI=1S/C19H22N2O2S/c1-4-24-17-12-8-6-10-15(17)19(23)21-16-11-7-5-9-14(16)18(22)20-13(2)3/h5-13H,4H2,1-3H3,(H,20,22)(H,21,23). The van der Waals surface area contributed by atoms with Crippen molar-refractivity contribution in [1.82, 2.24) is 5.32 Å². The number of para-hydroxylation sites is 1. The summed E-state index contributed by atoms with van der Waals surface area (Å²) < 4.78 is 0. The molecule has 0 aliphatic heterocycles. The van der Waals surface area contributed by atoms with Gasteiger partial charge in [0, 0.05) is 10.9 Å². The van der Waals surface area contributed by atoms with E-state index in [4.69, 9.17) is 0 Å². The predicted octanol–water partition coefficient (Wildman–Crippen LogP) is 4.19. The van der Waals surface area contributed by atoms with Crippen LogP contribution in [0.5, 0.6) is 0 Å². The van der Waals surface area contributed by atoms with Crippen LogP contribution in [0, 0.1) is 0 Å². The molecule has 126 valence electrons. The van der Waals surface area contributed by atoms with Crippen molar-refractivity contribution in [2.45, 2.75) is 31.7 Å². The van der Waals surface area contributed by atoms with Gasteiger partial charge < -0.3 is 10.6 Å². The first kappa shape index (κ1) is 18.1. The summed E-state index contributed by atoms with van der Waals surface area (Å²) >= 11 is 1.62. The first-order valence-corrected chi connectivity index (χ1v) is 8.94. The molecule has 0 aliphatic carbocycles. The normalized spacial score (nSPS) is 10.5. The van der Waals surface area contributed by atoms with Crippen molar-refractivity contribution in [2.24, 2.45) is 0 Å². The van der Waals surface area contributed by atoms with E-state index < -0.39 is 0 Å². The van der Waals surface area contributed by atoms with Crippen molar-refractivity contribution >= 4 is 29.3 Å².